The van der Waals surface area contributed by atoms with Gasteiger partial charge in [-0.2, -0.15) is 0 Å². The van der Waals surface area contributed by atoms with Gasteiger partial charge in [-0.1, -0.05) is 16.8 Å². The third kappa shape index (κ3) is 1.77. The second kappa shape index (κ2) is 3.94. The second-order valence-electron chi connectivity index (χ2n) is 3.12. The van der Waals surface area contributed by atoms with Crippen LogP contribution < -0.4 is 10.5 Å². The van der Waals surface area contributed by atoms with Gasteiger partial charge in [0.05, 0.1) is 12.1 Å². The number of phenols is 1. The lowest BCUT2D eigenvalue weighted by molar-refractivity contribution is 0.408. The Kier molecular flexibility index (Phi) is 2.62. The number of hydrogen-bond donors (Lipinski definition) is 2. The number of benzene rings is 1. The van der Waals surface area contributed by atoms with Crippen molar-refractivity contribution in [3.63, 3.8) is 0 Å². The van der Waals surface area contributed by atoms with Gasteiger partial charge in [0, 0.05) is 17.7 Å². The number of aromatic nitrogens is 1. The molecule has 0 saturated carbocycles. The van der Waals surface area contributed by atoms with Gasteiger partial charge < -0.3 is 20.1 Å². The highest BCUT2D eigenvalue weighted by atomic mass is 35.5. The van der Waals surface area contributed by atoms with Gasteiger partial charge >= 0.3 is 0 Å². The first kappa shape index (κ1) is 10.6. The Bertz CT molecular complexity index is 525. The Balaban J connectivity index is 2.54. The van der Waals surface area contributed by atoms with Crippen LogP contribution in [0.2, 0.25) is 5.02 Å². The van der Waals surface area contributed by atoms with E-state index in [1.54, 1.807) is 0 Å². The lowest BCUT2D eigenvalue weighted by Gasteiger charge is -2.06. The molecule has 0 saturated heterocycles. The van der Waals surface area contributed by atoms with E-state index in [2.05, 4.69) is 5.16 Å². The Hall–Kier alpha value is -1.88. The summed E-state index contributed by atoms with van der Waals surface area (Å²) in [6.07, 6.45) is 0. The first-order valence-electron chi connectivity index (χ1n) is 4.41. The van der Waals surface area contributed by atoms with E-state index in [9.17, 15) is 5.11 Å². The summed E-state index contributed by atoms with van der Waals surface area (Å²) in [5, 5.41) is 13.8. The third-order valence-electron chi connectivity index (χ3n) is 2.07. The van der Waals surface area contributed by atoms with E-state index in [0.717, 1.165) is 0 Å². The van der Waals surface area contributed by atoms with E-state index in [-0.39, 0.29) is 11.6 Å². The molecule has 2 rings (SSSR count). The Morgan fingerprint density at radius 3 is 2.75 bits per heavy atom. The summed E-state index contributed by atoms with van der Waals surface area (Å²) in [4.78, 5) is 0. The van der Waals surface area contributed by atoms with Crippen LogP contribution in [0.3, 0.4) is 0 Å². The molecule has 0 bridgehead atoms. The summed E-state index contributed by atoms with van der Waals surface area (Å²) in [5.74, 6) is 0.551. The van der Waals surface area contributed by atoms with Gasteiger partial charge in [0.2, 0.25) is 5.88 Å². The quantitative estimate of drug-likeness (QED) is 0.842. The van der Waals surface area contributed by atoms with Gasteiger partial charge in [0.1, 0.15) is 17.2 Å². The van der Waals surface area contributed by atoms with Crippen LogP contribution in [-0.4, -0.2) is 17.4 Å². The van der Waals surface area contributed by atoms with Gasteiger partial charge in [-0.3, -0.25) is 0 Å². The molecule has 3 N–H and O–H groups in total. The Morgan fingerprint density at radius 1 is 1.44 bits per heavy atom. The standard InChI is InChI=1S/C10H9ClN2O3/c1-15-9-4-8(14)5(2-6(9)11)7-3-10(12)16-13-7/h2-4,14H,12H2,1H3. The van der Waals surface area contributed by atoms with Crippen molar-refractivity contribution < 1.29 is 14.4 Å². The van der Waals surface area contributed by atoms with Crippen molar-refractivity contribution in [3.8, 4) is 22.8 Å². The molecule has 0 amide bonds. The zero-order valence-electron chi connectivity index (χ0n) is 8.40. The lowest BCUT2D eigenvalue weighted by atomic mass is 10.1. The fourth-order valence-electron chi connectivity index (χ4n) is 1.32. The molecule has 6 heteroatoms. The monoisotopic (exact) mass is 240 g/mol. The number of nitrogens with zero attached hydrogens (tertiary/aromatic N) is 1. The van der Waals surface area contributed by atoms with Crippen LogP contribution in [-0.2, 0) is 0 Å². The van der Waals surface area contributed by atoms with E-state index in [1.165, 1.54) is 25.3 Å². The molecule has 16 heavy (non-hydrogen) atoms. The van der Waals surface area contributed by atoms with Gasteiger partial charge in [-0.05, 0) is 6.07 Å². The van der Waals surface area contributed by atoms with E-state index in [0.29, 0.717) is 22.0 Å². The van der Waals surface area contributed by atoms with Gasteiger partial charge in [0.15, 0.2) is 0 Å². The maximum atomic E-state index is 9.75. The molecule has 0 radical (unpaired) electrons. The average molecular weight is 241 g/mol. The van der Waals surface area contributed by atoms with Gasteiger partial charge in [0.25, 0.3) is 0 Å². The molecular weight excluding hydrogens is 232 g/mol. The Labute approximate surface area is 96.4 Å². The fraction of sp³-hybridized carbons (Fsp3) is 0.100. The average Bonchev–Trinajstić information content (AvgIpc) is 2.67. The van der Waals surface area contributed by atoms with E-state index in [1.807, 2.05) is 0 Å². The summed E-state index contributed by atoms with van der Waals surface area (Å²) in [6, 6.07) is 4.44. The number of methoxy groups -OCH3 is 1. The number of aromatic hydroxyl groups is 1. The van der Waals surface area contributed by atoms with Crippen LogP contribution in [0.25, 0.3) is 11.3 Å². The molecule has 0 aliphatic rings. The summed E-state index contributed by atoms with van der Waals surface area (Å²) >= 11 is 5.93. The predicted molar refractivity (Wildman–Crippen MR) is 59.6 cm³/mol. The van der Waals surface area contributed by atoms with Crippen molar-refractivity contribution in [1.29, 1.82) is 0 Å². The molecule has 0 aliphatic carbocycles. The largest absolute Gasteiger partial charge is 0.507 e. The molecule has 1 heterocycles. The minimum atomic E-state index is -0.00505. The summed E-state index contributed by atoms with van der Waals surface area (Å²) in [6.45, 7) is 0. The molecule has 0 fully saturated rings. The predicted octanol–water partition coefficient (Wildman–Crippen LogP) is 2.29. The molecule has 84 valence electrons. The van der Waals surface area contributed by atoms with Crippen LogP contribution in [0, 0.1) is 0 Å². The highest BCUT2D eigenvalue weighted by molar-refractivity contribution is 6.32. The number of hydrogen-bond acceptors (Lipinski definition) is 5. The van der Waals surface area contributed by atoms with Gasteiger partial charge in [-0.25, -0.2) is 0 Å². The normalized spacial score (nSPS) is 10.4. The topological polar surface area (TPSA) is 81.5 Å². The molecule has 2 aromatic rings. The number of nitrogens with two attached hydrogens (primary N) is 1. The second-order valence-corrected chi connectivity index (χ2v) is 3.53. The highest BCUT2D eigenvalue weighted by Gasteiger charge is 2.13. The number of halogens is 1. The molecular formula is C10H9ClN2O3. The lowest BCUT2D eigenvalue weighted by Crippen LogP contribution is -1.86. The zero-order valence-corrected chi connectivity index (χ0v) is 9.15. The number of anilines is 1. The van der Waals surface area contributed by atoms with Crippen LogP contribution in [0.1, 0.15) is 0 Å². The SMILES string of the molecule is COc1cc(O)c(-c2cc(N)on2)cc1Cl. The van der Waals surface area contributed by atoms with Crippen LogP contribution in [0.4, 0.5) is 5.88 Å². The number of phenolic OH excluding ortho intramolecular Hbond substituents is 1. The smallest absolute Gasteiger partial charge is 0.222 e. The maximum absolute atomic E-state index is 9.75. The van der Waals surface area contributed by atoms with E-state index < -0.39 is 0 Å². The third-order valence-corrected chi connectivity index (χ3v) is 2.37. The van der Waals surface area contributed by atoms with E-state index in [4.69, 9.17) is 26.6 Å². The van der Waals surface area contributed by atoms with Crippen molar-refractivity contribution in [3.05, 3.63) is 23.2 Å². The number of ether oxygens (including phenoxy) is 1. The minimum absolute atomic E-state index is 0.00505. The summed E-state index contributed by atoms with van der Waals surface area (Å²) in [7, 11) is 1.47. The van der Waals surface area contributed by atoms with Crippen molar-refractivity contribution >= 4 is 17.5 Å². The molecule has 0 aliphatic heterocycles. The number of rotatable bonds is 2. The fourth-order valence-corrected chi connectivity index (χ4v) is 1.56. The van der Waals surface area contributed by atoms with Gasteiger partial charge in [-0.15, -0.1) is 0 Å². The van der Waals surface area contributed by atoms with Crippen LogP contribution in [0.15, 0.2) is 22.7 Å². The number of nitrogen functional groups attached to an aromatic ring is 1. The first-order chi connectivity index (χ1) is 7.61. The molecule has 1 aromatic carbocycles. The molecule has 0 spiro atoms. The Morgan fingerprint density at radius 2 is 2.19 bits per heavy atom. The molecule has 1 aromatic heterocycles. The minimum Gasteiger partial charge on any atom is -0.507 e. The van der Waals surface area contributed by atoms with Crippen molar-refractivity contribution in [2.24, 2.45) is 0 Å². The highest BCUT2D eigenvalue weighted by Crippen LogP contribution is 2.37. The molecule has 0 atom stereocenters. The van der Waals surface area contributed by atoms with Crippen LogP contribution in [0.5, 0.6) is 11.5 Å². The maximum Gasteiger partial charge on any atom is 0.222 e. The van der Waals surface area contributed by atoms with Crippen LogP contribution >= 0.6 is 11.6 Å². The van der Waals surface area contributed by atoms with E-state index >= 15 is 0 Å². The first-order valence-corrected chi connectivity index (χ1v) is 4.78. The molecule has 0 unspecified atom stereocenters. The van der Waals surface area contributed by atoms with Crippen molar-refractivity contribution in [1.82, 2.24) is 5.16 Å². The van der Waals surface area contributed by atoms with Crippen molar-refractivity contribution in [2.75, 3.05) is 12.8 Å². The summed E-state index contributed by atoms with van der Waals surface area (Å²) in [5.41, 5.74) is 6.24. The zero-order chi connectivity index (χ0) is 11.7. The van der Waals surface area contributed by atoms with Crippen molar-refractivity contribution in [2.45, 2.75) is 0 Å². The molecule has 5 nitrogen and oxygen atoms in total. The summed E-state index contributed by atoms with van der Waals surface area (Å²) < 4.78 is 9.67.